The number of nitrogens with zero attached hydrogens (tertiary/aromatic N) is 5. The smallest absolute Gasteiger partial charge is 0.0967 e. The lowest BCUT2D eigenvalue weighted by atomic mass is 10.2. The Morgan fingerprint density at radius 3 is 2.74 bits per heavy atom. The summed E-state index contributed by atoms with van der Waals surface area (Å²) in [6, 6.07) is 4.07. The van der Waals surface area contributed by atoms with E-state index in [0.717, 1.165) is 25.3 Å². The van der Waals surface area contributed by atoms with Crippen molar-refractivity contribution < 1.29 is 0 Å². The Labute approximate surface area is 113 Å². The lowest BCUT2D eigenvalue weighted by Crippen LogP contribution is -2.22. The third-order valence-corrected chi connectivity index (χ3v) is 2.93. The summed E-state index contributed by atoms with van der Waals surface area (Å²) in [4.78, 5) is 6.34. The zero-order valence-corrected chi connectivity index (χ0v) is 11.2. The topological polar surface area (TPSA) is 72.9 Å². The second-order valence-electron chi connectivity index (χ2n) is 4.42. The van der Waals surface area contributed by atoms with E-state index < -0.39 is 0 Å². The second-order valence-corrected chi connectivity index (χ2v) is 4.42. The van der Waals surface area contributed by atoms with Gasteiger partial charge in [0.1, 0.15) is 0 Å². The van der Waals surface area contributed by atoms with Gasteiger partial charge in [-0.1, -0.05) is 12.1 Å². The Morgan fingerprint density at radius 1 is 1.26 bits per heavy atom. The van der Waals surface area contributed by atoms with Gasteiger partial charge in [0.2, 0.25) is 0 Å². The highest BCUT2D eigenvalue weighted by atomic mass is 15.4. The van der Waals surface area contributed by atoms with Crippen molar-refractivity contribution in [3.05, 3.63) is 42.0 Å². The molecule has 6 heteroatoms. The van der Waals surface area contributed by atoms with Crippen molar-refractivity contribution in [2.45, 2.75) is 26.6 Å². The summed E-state index contributed by atoms with van der Waals surface area (Å²) in [5, 5.41) is 8.22. The molecule has 2 rings (SSSR count). The highest BCUT2D eigenvalue weighted by Gasteiger charge is 2.08. The van der Waals surface area contributed by atoms with E-state index >= 15 is 0 Å². The minimum Gasteiger partial charge on any atom is -0.329 e. The molecule has 0 amide bonds. The molecule has 2 aromatic heterocycles. The van der Waals surface area contributed by atoms with E-state index in [1.807, 2.05) is 30.7 Å². The highest BCUT2D eigenvalue weighted by Crippen LogP contribution is 2.07. The predicted molar refractivity (Wildman–Crippen MR) is 73.1 cm³/mol. The normalized spacial score (nSPS) is 11.1. The van der Waals surface area contributed by atoms with Gasteiger partial charge >= 0.3 is 0 Å². The number of aromatic nitrogens is 4. The molecule has 0 spiro atoms. The summed E-state index contributed by atoms with van der Waals surface area (Å²) in [5.74, 6) is 0. The average Bonchev–Trinajstić information content (AvgIpc) is 2.87. The summed E-state index contributed by atoms with van der Waals surface area (Å²) >= 11 is 0. The highest BCUT2D eigenvalue weighted by molar-refractivity contribution is 5.09. The van der Waals surface area contributed by atoms with Crippen LogP contribution in [0.5, 0.6) is 0 Å². The van der Waals surface area contributed by atoms with Gasteiger partial charge in [-0.25, -0.2) is 0 Å². The molecule has 102 valence electrons. The van der Waals surface area contributed by atoms with E-state index in [2.05, 4.69) is 27.1 Å². The molecule has 0 aliphatic heterocycles. The molecule has 0 atom stereocenters. The molecule has 2 heterocycles. The molecule has 0 saturated heterocycles. The van der Waals surface area contributed by atoms with E-state index in [-0.39, 0.29) is 0 Å². The number of nitrogens with two attached hydrogens (primary N) is 1. The van der Waals surface area contributed by atoms with Crippen LogP contribution < -0.4 is 5.73 Å². The van der Waals surface area contributed by atoms with Crippen LogP contribution in [0.15, 0.2) is 30.7 Å². The van der Waals surface area contributed by atoms with Crippen molar-refractivity contribution in [2.75, 3.05) is 13.1 Å². The Kier molecular flexibility index (Phi) is 5.00. The molecular formula is C13H20N6. The van der Waals surface area contributed by atoms with Crippen molar-refractivity contribution in [1.29, 1.82) is 0 Å². The summed E-state index contributed by atoms with van der Waals surface area (Å²) in [5.41, 5.74) is 7.73. The SMILES string of the molecule is CCN(Cc1ccncc1)Cc1cn(CCN)nn1. The van der Waals surface area contributed by atoms with E-state index in [9.17, 15) is 0 Å². The van der Waals surface area contributed by atoms with Crippen LogP contribution in [-0.4, -0.2) is 38.0 Å². The summed E-state index contributed by atoms with van der Waals surface area (Å²) in [6.45, 7) is 6.09. The quantitative estimate of drug-likeness (QED) is 0.791. The minimum absolute atomic E-state index is 0.581. The molecule has 0 radical (unpaired) electrons. The minimum atomic E-state index is 0.581. The summed E-state index contributed by atoms with van der Waals surface area (Å²) < 4.78 is 1.79. The van der Waals surface area contributed by atoms with Gasteiger partial charge in [0, 0.05) is 38.2 Å². The van der Waals surface area contributed by atoms with Crippen LogP contribution in [0.1, 0.15) is 18.2 Å². The first kappa shape index (κ1) is 13.6. The molecule has 0 aliphatic carbocycles. The molecule has 2 aromatic rings. The molecule has 0 unspecified atom stereocenters. The Balaban J connectivity index is 1.94. The van der Waals surface area contributed by atoms with E-state index in [1.165, 1.54) is 5.56 Å². The summed E-state index contributed by atoms with van der Waals surface area (Å²) in [6.07, 6.45) is 5.60. The zero-order chi connectivity index (χ0) is 13.5. The van der Waals surface area contributed by atoms with Gasteiger partial charge in [0.25, 0.3) is 0 Å². The van der Waals surface area contributed by atoms with Crippen LogP contribution in [0.3, 0.4) is 0 Å². The average molecular weight is 260 g/mol. The van der Waals surface area contributed by atoms with Gasteiger partial charge < -0.3 is 5.73 Å². The Bertz CT molecular complexity index is 481. The predicted octanol–water partition coefficient (Wildman–Crippen LogP) is 0.654. The first-order valence-corrected chi connectivity index (χ1v) is 6.52. The Hall–Kier alpha value is -1.79. The summed E-state index contributed by atoms with van der Waals surface area (Å²) in [7, 11) is 0. The largest absolute Gasteiger partial charge is 0.329 e. The lowest BCUT2D eigenvalue weighted by molar-refractivity contribution is 0.268. The van der Waals surface area contributed by atoms with Crippen molar-refractivity contribution in [3.8, 4) is 0 Å². The van der Waals surface area contributed by atoms with Gasteiger partial charge in [-0.3, -0.25) is 14.6 Å². The third kappa shape index (κ3) is 4.11. The molecule has 6 nitrogen and oxygen atoms in total. The molecule has 0 fully saturated rings. The Morgan fingerprint density at radius 2 is 2.05 bits per heavy atom. The fourth-order valence-electron chi connectivity index (χ4n) is 1.91. The van der Waals surface area contributed by atoms with Gasteiger partial charge in [0.15, 0.2) is 0 Å². The van der Waals surface area contributed by atoms with Crippen LogP contribution >= 0.6 is 0 Å². The van der Waals surface area contributed by atoms with Crippen molar-refractivity contribution in [2.24, 2.45) is 5.73 Å². The number of hydrogen-bond acceptors (Lipinski definition) is 5. The maximum Gasteiger partial charge on any atom is 0.0967 e. The van der Waals surface area contributed by atoms with Gasteiger partial charge in [-0.2, -0.15) is 0 Å². The molecule has 0 aliphatic rings. The van der Waals surface area contributed by atoms with Crippen LogP contribution in [0.4, 0.5) is 0 Å². The fourth-order valence-corrected chi connectivity index (χ4v) is 1.91. The standard InChI is InChI=1S/C13H20N6/c1-2-18(9-12-3-6-15-7-4-12)10-13-11-19(8-5-14)17-16-13/h3-4,6-7,11H,2,5,8-10,14H2,1H3. The monoisotopic (exact) mass is 260 g/mol. The zero-order valence-electron chi connectivity index (χ0n) is 11.2. The second kappa shape index (κ2) is 6.96. The number of hydrogen-bond donors (Lipinski definition) is 1. The van der Waals surface area contributed by atoms with Crippen LogP contribution in [0.25, 0.3) is 0 Å². The first-order chi connectivity index (χ1) is 9.31. The third-order valence-electron chi connectivity index (χ3n) is 2.93. The lowest BCUT2D eigenvalue weighted by Gasteiger charge is -2.18. The van der Waals surface area contributed by atoms with Crippen molar-refractivity contribution >= 4 is 0 Å². The van der Waals surface area contributed by atoms with Crippen molar-refractivity contribution in [1.82, 2.24) is 24.9 Å². The van der Waals surface area contributed by atoms with Crippen LogP contribution in [-0.2, 0) is 19.6 Å². The fraction of sp³-hybridized carbons (Fsp3) is 0.462. The van der Waals surface area contributed by atoms with E-state index in [4.69, 9.17) is 5.73 Å². The molecule has 0 aromatic carbocycles. The maximum atomic E-state index is 5.49. The maximum absolute atomic E-state index is 5.49. The molecule has 0 bridgehead atoms. The molecular weight excluding hydrogens is 240 g/mol. The number of pyridine rings is 1. The van der Waals surface area contributed by atoms with Crippen LogP contribution in [0.2, 0.25) is 0 Å². The molecule has 19 heavy (non-hydrogen) atoms. The van der Waals surface area contributed by atoms with E-state index in [1.54, 1.807) is 4.68 Å². The van der Waals surface area contributed by atoms with Gasteiger partial charge in [0.05, 0.1) is 12.2 Å². The van der Waals surface area contributed by atoms with Gasteiger partial charge in [-0.05, 0) is 24.2 Å². The van der Waals surface area contributed by atoms with Crippen molar-refractivity contribution in [3.63, 3.8) is 0 Å². The van der Waals surface area contributed by atoms with Gasteiger partial charge in [-0.15, -0.1) is 5.10 Å². The first-order valence-electron chi connectivity index (χ1n) is 6.52. The van der Waals surface area contributed by atoms with E-state index in [0.29, 0.717) is 13.1 Å². The molecule has 0 saturated carbocycles. The van der Waals surface area contributed by atoms with Crippen LogP contribution in [0, 0.1) is 0 Å². The number of rotatable bonds is 7. The molecule has 2 N–H and O–H groups in total.